The van der Waals surface area contributed by atoms with Gasteiger partial charge in [0.1, 0.15) is 17.2 Å². The molecule has 34 heavy (non-hydrogen) atoms. The maximum atomic E-state index is 13.9. The monoisotopic (exact) mass is 451 g/mol. The van der Waals surface area contributed by atoms with Crippen molar-refractivity contribution in [3.8, 4) is 22.6 Å². The van der Waals surface area contributed by atoms with Gasteiger partial charge in [0.25, 0.3) is 5.91 Å². The van der Waals surface area contributed by atoms with Crippen LogP contribution in [0, 0.1) is 6.92 Å². The molecular weight excluding hydrogens is 418 g/mol. The Kier molecular flexibility index (Phi) is 7.58. The summed E-state index contributed by atoms with van der Waals surface area (Å²) in [5.74, 6) is 0.728. The summed E-state index contributed by atoms with van der Waals surface area (Å²) >= 11 is 0. The Morgan fingerprint density at radius 1 is 0.882 bits per heavy atom. The Bertz CT molecular complexity index is 1210. The summed E-state index contributed by atoms with van der Waals surface area (Å²) in [4.78, 5) is 18.9. The van der Waals surface area contributed by atoms with Gasteiger partial charge in [0, 0.05) is 17.7 Å². The van der Waals surface area contributed by atoms with Crippen molar-refractivity contribution in [2.75, 3.05) is 0 Å². The second-order valence-corrected chi connectivity index (χ2v) is 8.69. The van der Waals surface area contributed by atoms with Gasteiger partial charge in [0.15, 0.2) is 0 Å². The second-order valence-electron chi connectivity index (χ2n) is 8.69. The zero-order valence-corrected chi connectivity index (χ0v) is 20.3. The largest absolute Gasteiger partial charge is 0.344 e. The SMILES string of the molecule is CCCCC(NC(=O)c1c(-c2ccc(C)cc2)nc(-c2ccccc2)n1CC)c1ccccc1. The number of benzene rings is 3. The third-order valence-corrected chi connectivity index (χ3v) is 6.21. The minimum atomic E-state index is -0.0861. The number of aryl methyl sites for hydroxylation is 1. The molecule has 0 saturated carbocycles. The van der Waals surface area contributed by atoms with Crippen LogP contribution in [-0.4, -0.2) is 15.5 Å². The molecule has 0 radical (unpaired) electrons. The number of rotatable bonds is 9. The number of imidazole rings is 1. The maximum Gasteiger partial charge on any atom is 0.270 e. The molecule has 0 spiro atoms. The van der Waals surface area contributed by atoms with Crippen molar-refractivity contribution in [2.24, 2.45) is 0 Å². The zero-order valence-electron chi connectivity index (χ0n) is 20.3. The summed E-state index contributed by atoms with van der Waals surface area (Å²) in [6.45, 7) is 6.96. The Morgan fingerprint density at radius 3 is 2.15 bits per heavy atom. The fourth-order valence-corrected chi connectivity index (χ4v) is 4.35. The van der Waals surface area contributed by atoms with E-state index in [4.69, 9.17) is 4.98 Å². The molecule has 1 aromatic heterocycles. The normalized spacial score (nSPS) is 11.9. The molecule has 0 saturated heterocycles. The molecule has 0 fully saturated rings. The fraction of sp³-hybridized carbons (Fsp3) is 0.267. The Balaban J connectivity index is 1.80. The van der Waals surface area contributed by atoms with Crippen LogP contribution >= 0.6 is 0 Å². The first-order valence-corrected chi connectivity index (χ1v) is 12.2. The number of nitrogens with zero attached hydrogens (tertiary/aromatic N) is 2. The summed E-state index contributed by atoms with van der Waals surface area (Å²) in [6.07, 6.45) is 3.03. The van der Waals surface area contributed by atoms with Gasteiger partial charge >= 0.3 is 0 Å². The van der Waals surface area contributed by atoms with E-state index in [1.54, 1.807) is 0 Å². The van der Waals surface area contributed by atoms with Crippen molar-refractivity contribution in [2.45, 2.75) is 52.6 Å². The first-order valence-electron chi connectivity index (χ1n) is 12.2. The number of hydrogen-bond acceptors (Lipinski definition) is 2. The molecule has 3 aromatic carbocycles. The summed E-state index contributed by atoms with van der Waals surface area (Å²) in [5.41, 5.74) is 5.60. The fourth-order valence-electron chi connectivity index (χ4n) is 4.35. The quantitative estimate of drug-likeness (QED) is 0.292. The van der Waals surface area contributed by atoms with Crippen LogP contribution in [-0.2, 0) is 6.54 Å². The minimum Gasteiger partial charge on any atom is -0.344 e. The van der Waals surface area contributed by atoms with E-state index in [-0.39, 0.29) is 11.9 Å². The zero-order chi connectivity index (χ0) is 23.9. The molecule has 0 bridgehead atoms. The van der Waals surface area contributed by atoms with Crippen LogP contribution in [0.1, 0.15) is 60.8 Å². The Labute approximate surface area is 202 Å². The van der Waals surface area contributed by atoms with Crippen molar-refractivity contribution in [1.29, 1.82) is 0 Å². The lowest BCUT2D eigenvalue weighted by atomic mass is 10.0. The van der Waals surface area contributed by atoms with Gasteiger partial charge in [-0.2, -0.15) is 0 Å². The summed E-state index contributed by atoms with van der Waals surface area (Å²) in [5, 5.41) is 3.35. The van der Waals surface area contributed by atoms with Crippen LogP contribution in [0.4, 0.5) is 0 Å². The molecule has 0 aliphatic heterocycles. The lowest BCUT2D eigenvalue weighted by Crippen LogP contribution is -2.31. The van der Waals surface area contributed by atoms with Gasteiger partial charge in [0.2, 0.25) is 0 Å². The molecule has 4 rings (SSSR count). The molecule has 1 heterocycles. The van der Waals surface area contributed by atoms with Gasteiger partial charge in [-0.15, -0.1) is 0 Å². The number of carbonyl (C=O) groups excluding carboxylic acids is 1. The molecule has 174 valence electrons. The predicted molar refractivity (Wildman–Crippen MR) is 140 cm³/mol. The van der Waals surface area contributed by atoms with Crippen LogP contribution in [0.25, 0.3) is 22.6 Å². The number of nitrogens with one attached hydrogen (secondary N) is 1. The minimum absolute atomic E-state index is 0.0418. The maximum absolute atomic E-state index is 13.9. The molecule has 4 aromatic rings. The van der Waals surface area contributed by atoms with Crippen molar-refractivity contribution < 1.29 is 4.79 Å². The number of hydrogen-bond donors (Lipinski definition) is 1. The number of unbranched alkanes of at least 4 members (excludes halogenated alkanes) is 1. The van der Waals surface area contributed by atoms with Gasteiger partial charge in [0.05, 0.1) is 6.04 Å². The van der Waals surface area contributed by atoms with E-state index in [0.29, 0.717) is 12.2 Å². The Hall–Kier alpha value is -3.66. The van der Waals surface area contributed by atoms with E-state index < -0.39 is 0 Å². The predicted octanol–water partition coefficient (Wildman–Crippen LogP) is 7.21. The van der Waals surface area contributed by atoms with Crippen molar-refractivity contribution in [3.05, 3.63) is 102 Å². The van der Waals surface area contributed by atoms with Gasteiger partial charge in [-0.25, -0.2) is 4.98 Å². The van der Waals surface area contributed by atoms with Crippen molar-refractivity contribution >= 4 is 5.91 Å². The number of amides is 1. The highest BCUT2D eigenvalue weighted by Crippen LogP contribution is 2.31. The van der Waals surface area contributed by atoms with Gasteiger partial charge in [-0.05, 0) is 25.8 Å². The van der Waals surface area contributed by atoms with Crippen LogP contribution in [0.5, 0.6) is 0 Å². The highest BCUT2D eigenvalue weighted by Gasteiger charge is 2.26. The average molecular weight is 452 g/mol. The highest BCUT2D eigenvalue weighted by atomic mass is 16.2. The lowest BCUT2D eigenvalue weighted by molar-refractivity contribution is 0.0925. The molecule has 0 aliphatic carbocycles. The van der Waals surface area contributed by atoms with Crippen molar-refractivity contribution in [3.63, 3.8) is 0 Å². The summed E-state index contributed by atoms with van der Waals surface area (Å²) < 4.78 is 2.04. The van der Waals surface area contributed by atoms with Crippen LogP contribution in [0.3, 0.4) is 0 Å². The van der Waals surface area contributed by atoms with E-state index >= 15 is 0 Å². The summed E-state index contributed by atoms with van der Waals surface area (Å²) in [6, 6.07) is 28.5. The lowest BCUT2D eigenvalue weighted by Gasteiger charge is -2.20. The second kappa shape index (κ2) is 11.0. The highest BCUT2D eigenvalue weighted by molar-refractivity contribution is 5.99. The molecule has 1 amide bonds. The van der Waals surface area contributed by atoms with E-state index in [0.717, 1.165) is 47.5 Å². The molecule has 4 heteroatoms. The van der Waals surface area contributed by atoms with E-state index in [2.05, 4.69) is 62.5 Å². The Morgan fingerprint density at radius 2 is 1.53 bits per heavy atom. The standard InChI is InChI=1S/C30H33N3O/c1-4-6-17-26(23-13-9-7-10-14-23)31-30(34)28-27(24-20-18-22(3)19-21-24)32-29(33(28)5-2)25-15-11-8-12-16-25/h7-16,18-21,26H,4-6,17H2,1-3H3,(H,31,34). The first kappa shape index (κ1) is 23.5. The van der Waals surface area contributed by atoms with E-state index in [1.807, 2.05) is 53.1 Å². The molecular formula is C30H33N3O. The average Bonchev–Trinajstić information content (AvgIpc) is 3.28. The molecule has 0 aliphatic rings. The third-order valence-electron chi connectivity index (χ3n) is 6.21. The molecule has 4 nitrogen and oxygen atoms in total. The number of aromatic nitrogens is 2. The number of carbonyl (C=O) groups is 1. The van der Waals surface area contributed by atoms with Crippen LogP contribution in [0.2, 0.25) is 0 Å². The summed E-state index contributed by atoms with van der Waals surface area (Å²) in [7, 11) is 0. The van der Waals surface area contributed by atoms with Crippen LogP contribution in [0.15, 0.2) is 84.9 Å². The molecule has 1 atom stereocenters. The van der Waals surface area contributed by atoms with E-state index in [9.17, 15) is 4.79 Å². The van der Waals surface area contributed by atoms with Gasteiger partial charge in [-0.1, -0.05) is 110 Å². The van der Waals surface area contributed by atoms with Crippen LogP contribution < -0.4 is 5.32 Å². The van der Waals surface area contributed by atoms with Gasteiger partial charge < -0.3 is 9.88 Å². The topological polar surface area (TPSA) is 46.9 Å². The smallest absolute Gasteiger partial charge is 0.270 e. The molecule has 1 N–H and O–H groups in total. The van der Waals surface area contributed by atoms with E-state index in [1.165, 1.54) is 5.56 Å². The third kappa shape index (κ3) is 5.12. The first-order chi connectivity index (χ1) is 16.6. The van der Waals surface area contributed by atoms with Gasteiger partial charge in [-0.3, -0.25) is 4.79 Å². The van der Waals surface area contributed by atoms with Crippen molar-refractivity contribution in [1.82, 2.24) is 14.9 Å². The molecule has 1 unspecified atom stereocenters.